The van der Waals surface area contributed by atoms with E-state index in [2.05, 4.69) is 15.5 Å². The first-order valence-corrected chi connectivity index (χ1v) is 8.21. The Kier molecular flexibility index (Phi) is 5.66. The Morgan fingerprint density at radius 2 is 1.96 bits per heavy atom. The molecule has 0 aliphatic heterocycles. The average molecular weight is 370 g/mol. The number of ether oxygens (including phenoxy) is 1. The van der Waals surface area contributed by atoms with E-state index in [1.54, 1.807) is 19.3 Å². The van der Waals surface area contributed by atoms with Gasteiger partial charge < -0.3 is 9.15 Å². The first-order chi connectivity index (χ1) is 12.6. The molecule has 1 aromatic heterocycles. The predicted molar refractivity (Wildman–Crippen MR) is 99.2 cm³/mol. The van der Waals surface area contributed by atoms with Crippen LogP contribution >= 0.6 is 11.6 Å². The van der Waals surface area contributed by atoms with E-state index in [9.17, 15) is 4.79 Å². The Morgan fingerprint density at radius 1 is 1.19 bits per heavy atom. The van der Waals surface area contributed by atoms with E-state index in [-0.39, 0.29) is 11.9 Å². The molecule has 6 nitrogen and oxygen atoms in total. The van der Waals surface area contributed by atoms with Crippen LogP contribution in [0.15, 0.2) is 59.0 Å². The molecule has 3 aromatic rings. The molecular formula is C19H16ClN3O3. The molecule has 0 bridgehead atoms. The number of aromatic nitrogens is 2. The Bertz CT molecular complexity index is 920. The molecule has 0 unspecified atom stereocenters. The maximum Gasteiger partial charge on any atom is 0.322 e. The highest BCUT2D eigenvalue weighted by molar-refractivity contribution is 6.32. The highest BCUT2D eigenvalue weighted by atomic mass is 35.5. The number of anilines is 1. The molecule has 1 N–H and O–H groups in total. The zero-order chi connectivity index (χ0) is 18.4. The van der Waals surface area contributed by atoms with Gasteiger partial charge in [-0.15, -0.1) is 5.10 Å². The number of hydrogen-bond acceptors (Lipinski definition) is 5. The maximum atomic E-state index is 12.0. The molecule has 0 fully saturated rings. The van der Waals surface area contributed by atoms with Gasteiger partial charge in [-0.1, -0.05) is 47.0 Å². The van der Waals surface area contributed by atoms with Gasteiger partial charge in [0.15, 0.2) is 0 Å². The fourth-order valence-electron chi connectivity index (χ4n) is 2.22. The average Bonchev–Trinajstić information content (AvgIpc) is 3.08. The zero-order valence-electron chi connectivity index (χ0n) is 14.0. The van der Waals surface area contributed by atoms with Crippen LogP contribution in [-0.4, -0.2) is 23.2 Å². The topological polar surface area (TPSA) is 77.3 Å². The number of carbonyl (C=O) groups is 1. The lowest BCUT2D eigenvalue weighted by Gasteiger charge is -2.00. The summed E-state index contributed by atoms with van der Waals surface area (Å²) in [4.78, 5) is 12.0. The number of benzene rings is 2. The predicted octanol–water partition coefficient (Wildman–Crippen LogP) is 3.97. The number of nitrogens with one attached hydrogen (secondary N) is 1. The Hall–Kier alpha value is -3.12. The second kappa shape index (κ2) is 8.31. The van der Waals surface area contributed by atoms with Gasteiger partial charge in [0.1, 0.15) is 5.75 Å². The van der Waals surface area contributed by atoms with Crippen LogP contribution in [0.4, 0.5) is 6.01 Å². The third-order valence-electron chi connectivity index (χ3n) is 3.53. The highest BCUT2D eigenvalue weighted by Crippen LogP contribution is 2.17. The normalized spacial score (nSPS) is 10.8. The van der Waals surface area contributed by atoms with Crippen molar-refractivity contribution >= 4 is 29.6 Å². The molecule has 0 radical (unpaired) electrons. The highest BCUT2D eigenvalue weighted by Gasteiger charge is 2.09. The van der Waals surface area contributed by atoms with Crippen LogP contribution in [0.25, 0.3) is 6.08 Å². The minimum Gasteiger partial charge on any atom is -0.497 e. The van der Waals surface area contributed by atoms with Gasteiger partial charge in [0.2, 0.25) is 5.89 Å². The van der Waals surface area contributed by atoms with E-state index in [0.29, 0.717) is 17.3 Å². The van der Waals surface area contributed by atoms with Crippen molar-refractivity contribution in [1.29, 1.82) is 0 Å². The van der Waals surface area contributed by atoms with Crippen LogP contribution in [0, 0.1) is 0 Å². The number of rotatable bonds is 6. The minimum atomic E-state index is -0.385. The van der Waals surface area contributed by atoms with Crippen LogP contribution in [0.1, 0.15) is 17.0 Å². The standard InChI is InChI=1S/C19H16ClN3O3/c1-25-15-9-6-13(7-10-15)12-18-22-23-19(26-18)21-17(24)11-8-14-4-2-3-5-16(14)20/h2-11H,12H2,1H3,(H,21,23,24). The third kappa shape index (κ3) is 4.70. The first kappa shape index (κ1) is 17.7. The SMILES string of the molecule is COc1ccc(Cc2nnc(NC(=O)C=Cc3ccccc3Cl)o2)cc1. The Balaban J connectivity index is 1.59. The number of carbonyl (C=O) groups excluding carboxylic acids is 1. The smallest absolute Gasteiger partial charge is 0.322 e. The second-order valence-electron chi connectivity index (χ2n) is 5.37. The molecule has 0 aliphatic carbocycles. The summed E-state index contributed by atoms with van der Waals surface area (Å²) in [5.41, 5.74) is 1.74. The van der Waals surface area contributed by atoms with Crippen molar-refractivity contribution in [2.24, 2.45) is 0 Å². The summed E-state index contributed by atoms with van der Waals surface area (Å²) < 4.78 is 10.6. The third-order valence-corrected chi connectivity index (χ3v) is 3.88. The number of halogens is 1. The van der Waals surface area contributed by atoms with Crippen LogP contribution in [0.2, 0.25) is 5.02 Å². The fourth-order valence-corrected chi connectivity index (χ4v) is 2.42. The largest absolute Gasteiger partial charge is 0.497 e. The molecule has 0 atom stereocenters. The second-order valence-corrected chi connectivity index (χ2v) is 5.78. The summed E-state index contributed by atoms with van der Waals surface area (Å²) in [6, 6.07) is 14.8. The summed E-state index contributed by atoms with van der Waals surface area (Å²) in [5, 5.41) is 10.8. The van der Waals surface area contributed by atoms with Gasteiger partial charge in [-0.3, -0.25) is 10.1 Å². The van der Waals surface area contributed by atoms with Gasteiger partial charge in [0.25, 0.3) is 5.91 Å². The zero-order valence-corrected chi connectivity index (χ0v) is 14.7. The minimum absolute atomic E-state index is 0.0438. The molecule has 0 spiro atoms. The number of amides is 1. The van der Waals surface area contributed by atoms with E-state index in [1.807, 2.05) is 42.5 Å². The van der Waals surface area contributed by atoms with Crippen molar-refractivity contribution in [1.82, 2.24) is 10.2 Å². The van der Waals surface area contributed by atoms with E-state index in [4.69, 9.17) is 20.8 Å². The molecular weight excluding hydrogens is 354 g/mol. The van der Waals surface area contributed by atoms with E-state index < -0.39 is 0 Å². The molecule has 0 saturated heterocycles. The quantitative estimate of drug-likeness (QED) is 0.665. The monoisotopic (exact) mass is 369 g/mol. The van der Waals surface area contributed by atoms with Gasteiger partial charge in [0.05, 0.1) is 13.5 Å². The van der Waals surface area contributed by atoms with Gasteiger partial charge in [-0.05, 0) is 35.4 Å². The van der Waals surface area contributed by atoms with Gasteiger partial charge in [0, 0.05) is 11.1 Å². The van der Waals surface area contributed by atoms with Crippen molar-refractivity contribution in [3.8, 4) is 5.75 Å². The van der Waals surface area contributed by atoms with Crippen molar-refractivity contribution < 1.29 is 13.9 Å². The summed E-state index contributed by atoms with van der Waals surface area (Å²) in [6.07, 6.45) is 3.43. The molecule has 1 heterocycles. The molecule has 1 amide bonds. The Labute approximate surface area is 155 Å². The lowest BCUT2D eigenvalue weighted by Crippen LogP contribution is -2.07. The van der Waals surface area contributed by atoms with Gasteiger partial charge in [-0.2, -0.15) is 0 Å². The van der Waals surface area contributed by atoms with E-state index >= 15 is 0 Å². The van der Waals surface area contributed by atoms with Crippen LogP contribution in [0.3, 0.4) is 0 Å². The fraction of sp³-hybridized carbons (Fsp3) is 0.105. The van der Waals surface area contributed by atoms with Crippen LogP contribution in [0.5, 0.6) is 5.75 Å². The summed E-state index contributed by atoms with van der Waals surface area (Å²) in [5.74, 6) is 0.794. The number of methoxy groups -OCH3 is 1. The van der Waals surface area contributed by atoms with E-state index in [0.717, 1.165) is 16.9 Å². The van der Waals surface area contributed by atoms with Gasteiger partial charge in [-0.25, -0.2) is 0 Å². The van der Waals surface area contributed by atoms with Crippen molar-refractivity contribution in [2.45, 2.75) is 6.42 Å². The molecule has 0 aliphatic rings. The lowest BCUT2D eigenvalue weighted by molar-refractivity contribution is -0.112. The number of hydrogen-bond donors (Lipinski definition) is 1. The molecule has 26 heavy (non-hydrogen) atoms. The molecule has 7 heteroatoms. The summed E-state index contributed by atoms with van der Waals surface area (Å²) >= 11 is 6.04. The lowest BCUT2D eigenvalue weighted by atomic mass is 10.1. The maximum absolute atomic E-state index is 12.0. The van der Waals surface area contributed by atoms with E-state index in [1.165, 1.54) is 6.08 Å². The molecule has 3 rings (SSSR count). The Morgan fingerprint density at radius 3 is 2.69 bits per heavy atom. The molecule has 2 aromatic carbocycles. The molecule has 0 saturated carbocycles. The summed E-state index contributed by atoms with van der Waals surface area (Å²) in [7, 11) is 1.61. The van der Waals surface area contributed by atoms with Gasteiger partial charge >= 0.3 is 6.01 Å². The van der Waals surface area contributed by atoms with Crippen molar-refractivity contribution in [3.05, 3.63) is 76.6 Å². The van der Waals surface area contributed by atoms with Crippen LogP contribution in [-0.2, 0) is 11.2 Å². The molecule has 132 valence electrons. The first-order valence-electron chi connectivity index (χ1n) is 7.83. The summed E-state index contributed by atoms with van der Waals surface area (Å²) in [6.45, 7) is 0. The number of nitrogens with zero attached hydrogens (tertiary/aromatic N) is 2. The van der Waals surface area contributed by atoms with Crippen molar-refractivity contribution in [3.63, 3.8) is 0 Å². The van der Waals surface area contributed by atoms with Crippen LogP contribution < -0.4 is 10.1 Å². The van der Waals surface area contributed by atoms with Crippen molar-refractivity contribution in [2.75, 3.05) is 12.4 Å².